The summed E-state index contributed by atoms with van der Waals surface area (Å²) in [6, 6.07) is -1.11. The molecular formula is C8H20N6O4S. The molecule has 7 N–H and O–H groups in total. The van der Waals surface area contributed by atoms with Gasteiger partial charge in [0.1, 0.15) is 6.04 Å². The number of carbonyl (C=O) groups excluding carboxylic acids is 1. The maximum atomic E-state index is 11.6. The van der Waals surface area contributed by atoms with Crippen molar-refractivity contribution >= 4 is 22.1 Å². The molecule has 0 unspecified atom stereocenters. The van der Waals surface area contributed by atoms with Crippen molar-refractivity contribution in [2.45, 2.75) is 18.9 Å². The zero-order chi connectivity index (χ0) is 15.1. The quantitative estimate of drug-likeness (QED) is 0.108. The molecule has 112 valence electrons. The van der Waals surface area contributed by atoms with Gasteiger partial charge in [0.25, 0.3) is 16.1 Å². The minimum absolute atomic E-state index is 0.0861. The highest BCUT2D eigenvalue weighted by Crippen LogP contribution is 2.02. The number of nitrogens with zero attached hydrogens (tertiary/aromatic N) is 2. The second kappa shape index (κ2) is 7.89. The summed E-state index contributed by atoms with van der Waals surface area (Å²) in [5.41, 5.74) is 11.7. The molecule has 0 aliphatic carbocycles. The molecule has 11 heteroatoms. The standard InChI is InChI=1S/C8H20N6O4S/c1-14(2)19(17,18)13-6(7(15)12-16)4-3-5-11-8(9)10/h6,13,16H,3-5H2,1-2H3,(H,12,15)(H4,9,10,11)/t6-/m0/s1. The molecule has 19 heavy (non-hydrogen) atoms. The first-order valence-corrected chi connectivity index (χ1v) is 6.84. The van der Waals surface area contributed by atoms with Crippen LogP contribution in [0.1, 0.15) is 12.8 Å². The van der Waals surface area contributed by atoms with Crippen molar-refractivity contribution in [3.05, 3.63) is 0 Å². The van der Waals surface area contributed by atoms with E-state index >= 15 is 0 Å². The van der Waals surface area contributed by atoms with Crippen LogP contribution >= 0.6 is 0 Å². The summed E-state index contributed by atoms with van der Waals surface area (Å²) in [5.74, 6) is -0.938. The van der Waals surface area contributed by atoms with Gasteiger partial charge in [0.2, 0.25) is 0 Å². The number of nitrogens with two attached hydrogens (primary N) is 2. The van der Waals surface area contributed by atoms with Crippen molar-refractivity contribution in [1.29, 1.82) is 0 Å². The molecule has 0 spiro atoms. The Hall–Kier alpha value is -1.43. The van der Waals surface area contributed by atoms with Gasteiger partial charge in [-0.05, 0) is 12.8 Å². The van der Waals surface area contributed by atoms with Crippen LogP contribution in [0.2, 0.25) is 0 Å². The van der Waals surface area contributed by atoms with Gasteiger partial charge in [0.15, 0.2) is 5.96 Å². The smallest absolute Gasteiger partial charge is 0.279 e. The van der Waals surface area contributed by atoms with Gasteiger partial charge in [0.05, 0.1) is 0 Å². The predicted molar refractivity (Wildman–Crippen MR) is 69.4 cm³/mol. The molecule has 0 saturated heterocycles. The molecule has 0 aromatic rings. The van der Waals surface area contributed by atoms with Crippen molar-refractivity contribution in [1.82, 2.24) is 14.5 Å². The third kappa shape index (κ3) is 6.91. The average molecular weight is 296 g/mol. The molecule has 0 aliphatic rings. The molecule has 0 heterocycles. The second-order valence-electron chi connectivity index (χ2n) is 3.88. The van der Waals surface area contributed by atoms with Crippen molar-refractivity contribution in [3.8, 4) is 0 Å². The third-order valence-corrected chi connectivity index (χ3v) is 3.69. The highest BCUT2D eigenvalue weighted by molar-refractivity contribution is 7.87. The van der Waals surface area contributed by atoms with E-state index in [9.17, 15) is 13.2 Å². The van der Waals surface area contributed by atoms with E-state index in [0.29, 0.717) is 6.42 Å². The number of aliphatic imine (C=N–C) groups is 1. The van der Waals surface area contributed by atoms with Gasteiger partial charge in [-0.1, -0.05) is 0 Å². The van der Waals surface area contributed by atoms with Crippen LogP contribution in [0.15, 0.2) is 4.99 Å². The van der Waals surface area contributed by atoms with E-state index in [2.05, 4.69) is 9.71 Å². The van der Waals surface area contributed by atoms with Crippen LogP contribution in [0.5, 0.6) is 0 Å². The van der Waals surface area contributed by atoms with E-state index in [-0.39, 0.29) is 18.9 Å². The first kappa shape index (κ1) is 17.6. The van der Waals surface area contributed by atoms with Crippen LogP contribution in [-0.4, -0.2) is 56.5 Å². The van der Waals surface area contributed by atoms with Gasteiger partial charge >= 0.3 is 0 Å². The average Bonchev–Trinajstić information content (AvgIpc) is 2.31. The molecule has 0 bridgehead atoms. The van der Waals surface area contributed by atoms with Crippen molar-refractivity contribution in [2.75, 3.05) is 20.6 Å². The molecule has 10 nitrogen and oxygen atoms in total. The summed E-state index contributed by atoms with van der Waals surface area (Å²) < 4.78 is 26.2. The lowest BCUT2D eigenvalue weighted by Gasteiger charge is -2.19. The summed E-state index contributed by atoms with van der Waals surface area (Å²) in [7, 11) is -1.15. The lowest BCUT2D eigenvalue weighted by Crippen LogP contribution is -2.49. The number of hydrogen-bond acceptors (Lipinski definition) is 5. The highest BCUT2D eigenvalue weighted by Gasteiger charge is 2.25. The van der Waals surface area contributed by atoms with E-state index in [1.165, 1.54) is 19.6 Å². The summed E-state index contributed by atoms with van der Waals surface area (Å²) in [6.07, 6.45) is 0.502. The molecule has 0 fully saturated rings. The minimum Gasteiger partial charge on any atom is -0.370 e. The number of nitrogens with one attached hydrogen (secondary N) is 2. The molecule has 0 aromatic heterocycles. The SMILES string of the molecule is CN(C)S(=O)(=O)N[C@@H](CCCN=C(N)N)C(=O)NO. The third-order valence-electron chi connectivity index (χ3n) is 2.14. The van der Waals surface area contributed by atoms with Crippen LogP contribution < -0.4 is 21.7 Å². The fourth-order valence-corrected chi connectivity index (χ4v) is 1.91. The molecule has 0 aromatic carbocycles. The van der Waals surface area contributed by atoms with E-state index in [0.717, 1.165) is 4.31 Å². The monoisotopic (exact) mass is 296 g/mol. The summed E-state index contributed by atoms with van der Waals surface area (Å²) in [6.45, 7) is 0.251. The van der Waals surface area contributed by atoms with E-state index in [4.69, 9.17) is 16.7 Å². The first-order valence-electron chi connectivity index (χ1n) is 5.39. The molecule has 0 saturated carbocycles. The van der Waals surface area contributed by atoms with Crippen LogP contribution in [-0.2, 0) is 15.0 Å². The topological polar surface area (TPSA) is 163 Å². The van der Waals surface area contributed by atoms with Gasteiger partial charge in [-0.3, -0.25) is 15.0 Å². The number of carbonyl (C=O) groups is 1. The summed E-state index contributed by atoms with van der Waals surface area (Å²) in [4.78, 5) is 15.1. The summed E-state index contributed by atoms with van der Waals surface area (Å²) >= 11 is 0. The number of guanidine groups is 1. The van der Waals surface area contributed by atoms with Crippen molar-refractivity contribution < 1.29 is 18.4 Å². The molecule has 0 radical (unpaired) electrons. The number of rotatable bonds is 8. The fourth-order valence-electron chi connectivity index (χ4n) is 1.11. The van der Waals surface area contributed by atoms with Crippen molar-refractivity contribution in [2.24, 2.45) is 16.5 Å². The van der Waals surface area contributed by atoms with Gasteiger partial charge in [-0.2, -0.15) is 17.4 Å². The Balaban J connectivity index is 4.58. The Morgan fingerprint density at radius 3 is 2.42 bits per heavy atom. The zero-order valence-corrected chi connectivity index (χ0v) is 11.6. The lowest BCUT2D eigenvalue weighted by atomic mass is 10.1. The largest absolute Gasteiger partial charge is 0.370 e. The number of hydrogen-bond donors (Lipinski definition) is 5. The molecular weight excluding hydrogens is 276 g/mol. The van der Waals surface area contributed by atoms with Crippen LogP contribution in [0.25, 0.3) is 0 Å². The first-order chi connectivity index (χ1) is 8.70. The zero-order valence-electron chi connectivity index (χ0n) is 10.8. The van der Waals surface area contributed by atoms with Gasteiger partial charge in [0, 0.05) is 20.6 Å². The number of hydroxylamine groups is 1. The predicted octanol–water partition coefficient (Wildman–Crippen LogP) is -2.69. The van der Waals surface area contributed by atoms with Crippen molar-refractivity contribution in [3.63, 3.8) is 0 Å². The molecule has 1 atom stereocenters. The Morgan fingerprint density at radius 1 is 1.42 bits per heavy atom. The molecule has 1 amide bonds. The lowest BCUT2D eigenvalue weighted by molar-refractivity contribution is -0.131. The fraction of sp³-hybridized carbons (Fsp3) is 0.750. The van der Waals surface area contributed by atoms with Gasteiger partial charge in [-0.25, -0.2) is 5.48 Å². The minimum atomic E-state index is -3.78. The summed E-state index contributed by atoms with van der Waals surface area (Å²) in [5, 5.41) is 8.57. The van der Waals surface area contributed by atoms with Gasteiger partial charge < -0.3 is 11.5 Å². The molecule has 0 aliphatic heterocycles. The van der Waals surface area contributed by atoms with Crippen LogP contribution in [0.4, 0.5) is 0 Å². The number of amides is 1. The van der Waals surface area contributed by atoms with Crippen LogP contribution in [0.3, 0.4) is 0 Å². The van der Waals surface area contributed by atoms with Crippen LogP contribution in [0, 0.1) is 0 Å². The normalized spacial score (nSPS) is 13.1. The maximum absolute atomic E-state index is 11.6. The molecule has 0 rings (SSSR count). The highest BCUT2D eigenvalue weighted by atomic mass is 32.2. The Morgan fingerprint density at radius 2 is 2.00 bits per heavy atom. The Labute approximate surface area is 112 Å². The van der Waals surface area contributed by atoms with E-state index < -0.39 is 22.2 Å². The van der Waals surface area contributed by atoms with E-state index in [1.54, 1.807) is 0 Å². The van der Waals surface area contributed by atoms with Gasteiger partial charge in [-0.15, -0.1) is 0 Å². The Bertz CT molecular complexity index is 417. The second-order valence-corrected chi connectivity index (χ2v) is 5.80. The maximum Gasteiger partial charge on any atom is 0.279 e. The van der Waals surface area contributed by atoms with E-state index in [1.807, 2.05) is 0 Å². The Kier molecular flexibility index (Phi) is 7.29.